The molecule has 1 aromatic carbocycles. The molecule has 0 bridgehead atoms. The molecule has 5 nitrogen and oxygen atoms in total. The summed E-state index contributed by atoms with van der Waals surface area (Å²) in [4.78, 5) is 15.7. The van der Waals surface area contributed by atoms with Gasteiger partial charge in [-0.1, -0.05) is 0 Å². The van der Waals surface area contributed by atoms with Crippen molar-refractivity contribution < 1.29 is 5.21 Å². The van der Waals surface area contributed by atoms with Crippen LogP contribution in [0.15, 0.2) is 29.3 Å². The highest BCUT2D eigenvalue weighted by Gasteiger charge is 2.02. The van der Waals surface area contributed by atoms with E-state index in [4.69, 9.17) is 5.21 Å². The highest BCUT2D eigenvalue weighted by atomic mass is 16.5. The minimum Gasteiger partial charge on any atom is -0.302 e. The molecule has 2 rings (SSSR count). The van der Waals surface area contributed by atoms with Crippen molar-refractivity contribution in [2.24, 2.45) is 7.05 Å². The van der Waals surface area contributed by atoms with Gasteiger partial charge in [0.1, 0.15) is 0 Å². The Balaban J connectivity index is 2.85. The Morgan fingerprint density at radius 1 is 1.50 bits per heavy atom. The Morgan fingerprint density at radius 3 is 3.00 bits per heavy atom. The Morgan fingerprint density at radius 2 is 2.29 bits per heavy atom. The number of benzene rings is 1. The largest absolute Gasteiger partial charge is 0.302 e. The topological polar surface area (TPSA) is 67.2 Å². The number of aromatic nitrogens is 2. The monoisotopic (exact) mass is 191 g/mol. The van der Waals surface area contributed by atoms with Gasteiger partial charge in [0.15, 0.2) is 0 Å². The maximum Gasteiger partial charge on any atom is 0.260 e. The molecule has 0 saturated carbocycles. The predicted molar refractivity (Wildman–Crippen MR) is 52.4 cm³/mol. The van der Waals surface area contributed by atoms with E-state index in [1.807, 2.05) is 5.48 Å². The number of fused-ring (bicyclic) bond motifs is 1. The average Bonchev–Trinajstić information content (AvgIpc) is 2.23. The van der Waals surface area contributed by atoms with Gasteiger partial charge in [-0.05, 0) is 18.2 Å². The molecular weight excluding hydrogens is 182 g/mol. The molecule has 72 valence electrons. The summed E-state index contributed by atoms with van der Waals surface area (Å²) in [5.41, 5.74) is 2.95. The van der Waals surface area contributed by atoms with Gasteiger partial charge in [-0.25, -0.2) is 4.98 Å². The maximum atomic E-state index is 11.6. The van der Waals surface area contributed by atoms with Crippen molar-refractivity contribution in [1.29, 1.82) is 0 Å². The number of aryl methyl sites for hydroxylation is 1. The van der Waals surface area contributed by atoms with Crippen LogP contribution in [0.3, 0.4) is 0 Å². The summed E-state index contributed by atoms with van der Waals surface area (Å²) in [6, 6.07) is 4.88. The number of rotatable bonds is 1. The van der Waals surface area contributed by atoms with Crippen LogP contribution in [0.2, 0.25) is 0 Å². The number of nitrogens with zero attached hydrogens (tertiary/aromatic N) is 2. The lowest BCUT2D eigenvalue weighted by molar-refractivity contribution is 0.389. The molecule has 2 aromatic rings. The zero-order valence-electron chi connectivity index (χ0n) is 7.56. The zero-order valence-corrected chi connectivity index (χ0v) is 7.56. The third-order valence-electron chi connectivity index (χ3n) is 2.05. The number of hydrogen-bond donors (Lipinski definition) is 2. The summed E-state index contributed by atoms with van der Waals surface area (Å²) in [5.74, 6) is 0. The highest BCUT2D eigenvalue weighted by molar-refractivity contribution is 5.81. The molecule has 0 amide bonds. The zero-order chi connectivity index (χ0) is 10.1. The van der Waals surface area contributed by atoms with Crippen molar-refractivity contribution >= 4 is 16.6 Å². The van der Waals surface area contributed by atoms with E-state index in [1.54, 1.807) is 25.2 Å². The van der Waals surface area contributed by atoms with Gasteiger partial charge >= 0.3 is 0 Å². The second-order valence-corrected chi connectivity index (χ2v) is 3.00. The van der Waals surface area contributed by atoms with Gasteiger partial charge < -0.3 is 4.57 Å². The Hall–Kier alpha value is -1.88. The molecule has 2 N–H and O–H groups in total. The second kappa shape index (κ2) is 3.12. The van der Waals surface area contributed by atoms with Crippen LogP contribution in [0.4, 0.5) is 5.69 Å². The quantitative estimate of drug-likeness (QED) is 0.652. The highest BCUT2D eigenvalue weighted by Crippen LogP contribution is 2.12. The van der Waals surface area contributed by atoms with Crippen LogP contribution in [-0.2, 0) is 7.05 Å². The van der Waals surface area contributed by atoms with Gasteiger partial charge in [0.25, 0.3) is 5.56 Å². The van der Waals surface area contributed by atoms with E-state index < -0.39 is 0 Å². The predicted octanol–water partition coefficient (Wildman–Crippen LogP) is 0.735. The van der Waals surface area contributed by atoms with Crippen LogP contribution in [0, 0.1) is 0 Å². The minimum absolute atomic E-state index is 0.132. The van der Waals surface area contributed by atoms with Crippen LogP contribution in [0.5, 0.6) is 0 Å². The number of anilines is 1. The van der Waals surface area contributed by atoms with E-state index in [-0.39, 0.29) is 5.56 Å². The fourth-order valence-corrected chi connectivity index (χ4v) is 1.28. The van der Waals surface area contributed by atoms with Gasteiger partial charge in [0.05, 0.1) is 22.9 Å². The molecule has 0 unspecified atom stereocenters. The molecule has 0 spiro atoms. The van der Waals surface area contributed by atoms with Crippen molar-refractivity contribution in [1.82, 2.24) is 9.55 Å². The fraction of sp³-hybridized carbons (Fsp3) is 0.111. The Kier molecular flexibility index (Phi) is 1.94. The number of nitrogens with one attached hydrogen (secondary N) is 1. The van der Waals surface area contributed by atoms with Crippen molar-refractivity contribution in [3.63, 3.8) is 0 Å². The van der Waals surface area contributed by atoms with E-state index >= 15 is 0 Å². The van der Waals surface area contributed by atoms with E-state index in [1.165, 1.54) is 10.9 Å². The molecule has 14 heavy (non-hydrogen) atoms. The fourth-order valence-electron chi connectivity index (χ4n) is 1.28. The minimum atomic E-state index is -0.132. The van der Waals surface area contributed by atoms with E-state index in [0.717, 1.165) is 0 Å². The summed E-state index contributed by atoms with van der Waals surface area (Å²) in [6.07, 6.45) is 1.47. The molecule has 0 atom stereocenters. The van der Waals surface area contributed by atoms with Gasteiger partial charge in [-0.3, -0.25) is 15.5 Å². The molecule has 1 heterocycles. The van der Waals surface area contributed by atoms with Crippen LogP contribution >= 0.6 is 0 Å². The van der Waals surface area contributed by atoms with Crippen LogP contribution in [0.1, 0.15) is 0 Å². The van der Waals surface area contributed by atoms with Crippen LogP contribution in [0.25, 0.3) is 10.9 Å². The van der Waals surface area contributed by atoms with E-state index in [2.05, 4.69) is 4.98 Å². The molecule has 0 aliphatic rings. The summed E-state index contributed by atoms with van der Waals surface area (Å²) in [7, 11) is 1.63. The van der Waals surface area contributed by atoms with Crippen molar-refractivity contribution in [2.75, 3.05) is 5.48 Å². The molecular formula is C9H9N3O2. The molecule has 0 saturated heterocycles. The van der Waals surface area contributed by atoms with E-state index in [9.17, 15) is 4.79 Å². The van der Waals surface area contributed by atoms with Crippen molar-refractivity contribution in [3.05, 3.63) is 34.9 Å². The lowest BCUT2D eigenvalue weighted by Gasteiger charge is -2.02. The standard InChI is InChI=1S/C9H9N3O2/c1-12-5-10-8-3-2-6(11-14)4-7(8)9(12)13/h2-5,11,14H,1H3. The summed E-state index contributed by atoms with van der Waals surface area (Å²) >= 11 is 0. The summed E-state index contributed by atoms with van der Waals surface area (Å²) < 4.78 is 1.39. The lowest BCUT2D eigenvalue weighted by Crippen LogP contribution is -2.16. The van der Waals surface area contributed by atoms with Gasteiger partial charge in [0.2, 0.25) is 0 Å². The first-order chi connectivity index (χ1) is 6.72. The maximum absolute atomic E-state index is 11.6. The van der Waals surface area contributed by atoms with Crippen molar-refractivity contribution in [2.45, 2.75) is 0 Å². The lowest BCUT2D eigenvalue weighted by atomic mass is 10.2. The molecule has 0 aliphatic carbocycles. The molecule has 0 aliphatic heterocycles. The first-order valence-corrected chi connectivity index (χ1v) is 4.08. The average molecular weight is 191 g/mol. The SMILES string of the molecule is Cn1cnc2ccc(NO)cc2c1=O. The van der Waals surface area contributed by atoms with Crippen molar-refractivity contribution in [3.8, 4) is 0 Å². The van der Waals surface area contributed by atoms with Gasteiger partial charge in [0, 0.05) is 7.05 Å². The third-order valence-corrected chi connectivity index (χ3v) is 2.05. The molecule has 1 aromatic heterocycles. The molecule has 0 radical (unpaired) electrons. The van der Waals surface area contributed by atoms with Crippen LogP contribution < -0.4 is 11.0 Å². The Labute approximate surface area is 79.6 Å². The van der Waals surface area contributed by atoms with Crippen LogP contribution in [-0.4, -0.2) is 14.8 Å². The number of hydrogen-bond acceptors (Lipinski definition) is 4. The first-order valence-electron chi connectivity index (χ1n) is 4.08. The Bertz CT molecular complexity index is 533. The van der Waals surface area contributed by atoms with E-state index in [0.29, 0.717) is 16.6 Å². The first kappa shape index (κ1) is 8.71. The van der Waals surface area contributed by atoms with Gasteiger partial charge in [-0.2, -0.15) is 0 Å². The van der Waals surface area contributed by atoms with Gasteiger partial charge in [-0.15, -0.1) is 0 Å². The smallest absolute Gasteiger partial charge is 0.260 e. The second-order valence-electron chi connectivity index (χ2n) is 3.00. The third kappa shape index (κ3) is 1.23. The summed E-state index contributed by atoms with van der Waals surface area (Å²) in [6.45, 7) is 0. The molecule has 0 fully saturated rings. The normalized spacial score (nSPS) is 10.4. The molecule has 5 heteroatoms. The summed E-state index contributed by atoms with van der Waals surface area (Å²) in [5, 5.41) is 9.16.